The van der Waals surface area contributed by atoms with Crippen molar-refractivity contribution in [3.05, 3.63) is 55.4 Å². The zero-order valence-corrected chi connectivity index (χ0v) is 22.7. The standard InChI is InChI=1S/C21H22Br3NO6S/c1-2-29-17(7-8-30-18(26)11-32)20(15-9-13(23)10-16(24)19(15)27)31-21(28)25-14-5-3-12(22)4-6-14/h3-6,9-10,17,20,27,32H,2,7-8,11H2,1H3,(H,25,28)/t17-,20-/m1/s1. The number of halogens is 3. The molecule has 174 valence electrons. The van der Waals surface area contributed by atoms with Crippen LogP contribution in [0, 0.1) is 0 Å². The number of benzene rings is 2. The van der Waals surface area contributed by atoms with E-state index < -0.39 is 24.3 Å². The van der Waals surface area contributed by atoms with Gasteiger partial charge in [-0.15, -0.1) is 0 Å². The molecule has 0 unspecified atom stereocenters. The van der Waals surface area contributed by atoms with Gasteiger partial charge in [-0.25, -0.2) is 4.79 Å². The minimum Gasteiger partial charge on any atom is -0.506 e. The number of ether oxygens (including phenoxy) is 3. The molecule has 0 radical (unpaired) electrons. The molecule has 0 saturated carbocycles. The molecular weight excluding hydrogens is 634 g/mol. The summed E-state index contributed by atoms with van der Waals surface area (Å²) in [6, 6.07) is 10.3. The second-order valence-corrected chi connectivity index (χ2v) is 9.45. The summed E-state index contributed by atoms with van der Waals surface area (Å²) >= 11 is 13.9. The number of phenolic OH excluding ortho intramolecular Hbond substituents is 1. The van der Waals surface area contributed by atoms with Crippen LogP contribution in [0.1, 0.15) is 25.0 Å². The minimum absolute atomic E-state index is 0.0359. The van der Waals surface area contributed by atoms with Crippen molar-refractivity contribution in [3.63, 3.8) is 0 Å². The number of esters is 1. The summed E-state index contributed by atoms with van der Waals surface area (Å²) in [5.41, 5.74) is 0.864. The highest BCUT2D eigenvalue weighted by Crippen LogP contribution is 2.39. The van der Waals surface area contributed by atoms with Crippen LogP contribution in [0.15, 0.2) is 49.8 Å². The first-order valence-electron chi connectivity index (χ1n) is 9.54. The quantitative estimate of drug-likeness (QED) is 0.207. The van der Waals surface area contributed by atoms with Crippen molar-refractivity contribution in [2.24, 2.45) is 0 Å². The number of nitrogens with one attached hydrogen (secondary N) is 1. The van der Waals surface area contributed by atoms with E-state index in [9.17, 15) is 14.7 Å². The Labute approximate surface area is 217 Å². The third kappa shape index (κ3) is 8.26. The van der Waals surface area contributed by atoms with E-state index in [4.69, 9.17) is 14.2 Å². The van der Waals surface area contributed by atoms with Crippen molar-refractivity contribution < 1.29 is 28.9 Å². The van der Waals surface area contributed by atoms with E-state index in [0.29, 0.717) is 26.8 Å². The number of hydrogen-bond acceptors (Lipinski definition) is 7. The van der Waals surface area contributed by atoms with E-state index in [2.05, 4.69) is 65.7 Å². The summed E-state index contributed by atoms with van der Waals surface area (Å²) < 4.78 is 18.6. The van der Waals surface area contributed by atoms with Crippen LogP contribution >= 0.6 is 60.4 Å². The zero-order valence-electron chi connectivity index (χ0n) is 17.0. The van der Waals surface area contributed by atoms with Gasteiger partial charge in [-0.2, -0.15) is 12.6 Å². The van der Waals surface area contributed by atoms with Crippen molar-refractivity contribution in [3.8, 4) is 5.75 Å². The summed E-state index contributed by atoms with van der Waals surface area (Å²) in [5.74, 6) is -0.609. The molecule has 32 heavy (non-hydrogen) atoms. The fourth-order valence-corrected chi connectivity index (χ4v) is 4.42. The maximum Gasteiger partial charge on any atom is 0.412 e. The summed E-state index contributed by atoms with van der Waals surface area (Å²) in [7, 11) is 0. The predicted octanol–water partition coefficient (Wildman–Crippen LogP) is 6.24. The van der Waals surface area contributed by atoms with Crippen LogP contribution in [0.5, 0.6) is 5.75 Å². The maximum atomic E-state index is 12.7. The lowest BCUT2D eigenvalue weighted by Gasteiger charge is -2.28. The first-order valence-corrected chi connectivity index (χ1v) is 12.6. The average Bonchev–Trinajstić information content (AvgIpc) is 2.75. The number of aromatic hydroxyl groups is 1. The van der Waals surface area contributed by atoms with Crippen LogP contribution in [0.25, 0.3) is 0 Å². The Balaban J connectivity index is 2.31. The lowest BCUT2D eigenvalue weighted by Crippen LogP contribution is -2.30. The molecule has 7 nitrogen and oxygen atoms in total. The highest BCUT2D eigenvalue weighted by Gasteiger charge is 2.31. The molecule has 11 heteroatoms. The van der Waals surface area contributed by atoms with Crippen LogP contribution in [0.2, 0.25) is 0 Å². The molecule has 0 saturated heterocycles. The van der Waals surface area contributed by atoms with Gasteiger partial charge in [0, 0.05) is 33.2 Å². The van der Waals surface area contributed by atoms with Crippen LogP contribution in [-0.4, -0.2) is 42.2 Å². The maximum absolute atomic E-state index is 12.7. The number of thiol groups is 1. The van der Waals surface area contributed by atoms with Gasteiger partial charge in [-0.3, -0.25) is 10.1 Å². The van der Waals surface area contributed by atoms with Gasteiger partial charge in [-0.05, 0) is 59.3 Å². The van der Waals surface area contributed by atoms with Gasteiger partial charge >= 0.3 is 12.1 Å². The molecule has 2 aromatic carbocycles. The first kappa shape index (κ1) is 27.0. The molecular formula is C21H22Br3NO6S. The molecule has 1 amide bonds. The third-order valence-corrected chi connectivity index (χ3v) is 6.05. The fourth-order valence-electron chi connectivity index (χ4n) is 2.81. The Hall–Kier alpha value is -1.27. The van der Waals surface area contributed by atoms with Gasteiger partial charge in [-0.1, -0.05) is 31.9 Å². The lowest BCUT2D eigenvalue weighted by atomic mass is 10.0. The number of phenols is 1. The Bertz CT molecular complexity index is 928. The van der Waals surface area contributed by atoms with E-state index in [1.165, 1.54) is 0 Å². The van der Waals surface area contributed by atoms with Gasteiger partial charge < -0.3 is 19.3 Å². The van der Waals surface area contributed by atoms with Crippen LogP contribution in [0.4, 0.5) is 10.5 Å². The SMILES string of the molecule is CCO[C@H](CCOC(=O)CS)[C@H](OC(=O)Nc1ccc(Br)cc1)c1cc(Br)cc(Br)c1O. The molecule has 0 aliphatic heterocycles. The van der Waals surface area contributed by atoms with E-state index in [1.54, 1.807) is 43.3 Å². The predicted molar refractivity (Wildman–Crippen MR) is 135 cm³/mol. The fraction of sp³-hybridized carbons (Fsp3) is 0.333. The Morgan fingerprint density at radius 2 is 1.81 bits per heavy atom. The molecule has 0 aliphatic carbocycles. The summed E-state index contributed by atoms with van der Waals surface area (Å²) in [6.07, 6.45) is -2.19. The van der Waals surface area contributed by atoms with Crippen molar-refractivity contribution in [2.75, 3.05) is 24.3 Å². The first-order chi connectivity index (χ1) is 15.2. The minimum atomic E-state index is -0.992. The Kier molecular flexibility index (Phi) is 11.3. The van der Waals surface area contributed by atoms with Crippen molar-refractivity contribution in [2.45, 2.75) is 25.6 Å². The normalized spacial score (nSPS) is 12.7. The number of carbonyl (C=O) groups excluding carboxylic acids is 2. The molecule has 2 N–H and O–H groups in total. The summed E-state index contributed by atoms with van der Waals surface area (Å²) in [4.78, 5) is 24.1. The van der Waals surface area contributed by atoms with E-state index in [-0.39, 0.29) is 24.5 Å². The summed E-state index contributed by atoms with van der Waals surface area (Å²) in [6.45, 7) is 2.14. The van der Waals surface area contributed by atoms with E-state index in [1.807, 2.05) is 0 Å². The van der Waals surface area contributed by atoms with E-state index >= 15 is 0 Å². The smallest absolute Gasteiger partial charge is 0.412 e. The van der Waals surface area contributed by atoms with Crippen LogP contribution in [-0.2, 0) is 19.0 Å². The topological polar surface area (TPSA) is 94.1 Å². The van der Waals surface area contributed by atoms with Crippen molar-refractivity contribution >= 4 is 78.2 Å². The zero-order chi connectivity index (χ0) is 23.7. The summed E-state index contributed by atoms with van der Waals surface area (Å²) in [5, 5.41) is 13.3. The number of anilines is 1. The third-order valence-electron chi connectivity index (χ3n) is 4.20. The molecule has 0 aromatic heterocycles. The number of hydrogen-bond donors (Lipinski definition) is 3. The molecule has 0 heterocycles. The highest BCUT2D eigenvalue weighted by molar-refractivity contribution is 9.11. The van der Waals surface area contributed by atoms with Gasteiger partial charge in [0.15, 0.2) is 6.10 Å². The van der Waals surface area contributed by atoms with Crippen LogP contribution in [0.3, 0.4) is 0 Å². The van der Waals surface area contributed by atoms with Gasteiger partial charge in [0.1, 0.15) is 11.9 Å². The molecule has 0 spiro atoms. The number of amides is 1. The molecule has 2 aromatic rings. The largest absolute Gasteiger partial charge is 0.506 e. The monoisotopic (exact) mass is 653 g/mol. The van der Waals surface area contributed by atoms with E-state index in [0.717, 1.165) is 4.47 Å². The Morgan fingerprint density at radius 1 is 1.12 bits per heavy atom. The molecule has 0 fully saturated rings. The highest BCUT2D eigenvalue weighted by atomic mass is 79.9. The lowest BCUT2D eigenvalue weighted by molar-refractivity contribution is -0.142. The molecule has 0 aliphatic rings. The molecule has 2 rings (SSSR count). The number of carbonyl (C=O) groups is 2. The van der Waals surface area contributed by atoms with Gasteiger partial charge in [0.25, 0.3) is 0 Å². The number of rotatable bonds is 10. The average molecular weight is 656 g/mol. The van der Waals surface area contributed by atoms with Gasteiger partial charge in [0.2, 0.25) is 0 Å². The second-order valence-electron chi connectivity index (χ2n) is 6.44. The van der Waals surface area contributed by atoms with Crippen molar-refractivity contribution in [1.82, 2.24) is 0 Å². The van der Waals surface area contributed by atoms with Crippen molar-refractivity contribution in [1.29, 1.82) is 0 Å². The molecule has 0 bridgehead atoms. The second kappa shape index (κ2) is 13.4. The Morgan fingerprint density at radius 3 is 2.44 bits per heavy atom. The molecule has 2 atom stereocenters. The van der Waals surface area contributed by atoms with Gasteiger partial charge in [0.05, 0.1) is 16.8 Å². The van der Waals surface area contributed by atoms with Crippen LogP contribution < -0.4 is 5.32 Å².